The predicted molar refractivity (Wildman–Crippen MR) is 68.1 cm³/mol. The van der Waals surface area contributed by atoms with E-state index in [1.165, 1.54) is 5.57 Å². The van der Waals surface area contributed by atoms with E-state index in [4.69, 9.17) is 5.73 Å². The van der Waals surface area contributed by atoms with Gasteiger partial charge in [-0.2, -0.15) is 0 Å². The molecule has 0 aromatic heterocycles. The fourth-order valence-corrected chi connectivity index (χ4v) is 1.47. The minimum atomic E-state index is 0.763. The number of thioether (sulfide) groups is 1. The Kier molecular flexibility index (Phi) is 7.03. The third-order valence-electron chi connectivity index (χ3n) is 1.86. The van der Waals surface area contributed by atoms with Crippen molar-refractivity contribution in [1.82, 2.24) is 0 Å². The number of hydrogen-bond donors (Lipinski definition) is 1. The Morgan fingerprint density at radius 3 is 2.57 bits per heavy atom. The van der Waals surface area contributed by atoms with E-state index in [2.05, 4.69) is 20.1 Å². The SMILES string of the molecule is C=C/C=C(/C/C(N)=C/SC)C(=C)CC. The molecule has 0 atom stereocenters. The van der Waals surface area contributed by atoms with Crippen molar-refractivity contribution < 1.29 is 0 Å². The largest absolute Gasteiger partial charge is 0.401 e. The molecular formula is C12H19NS. The van der Waals surface area contributed by atoms with Crippen LogP contribution in [0.2, 0.25) is 0 Å². The molecule has 0 saturated heterocycles. The number of nitrogens with two attached hydrogens (primary N) is 1. The topological polar surface area (TPSA) is 26.0 Å². The normalized spacial score (nSPS) is 12.7. The van der Waals surface area contributed by atoms with Crippen LogP contribution < -0.4 is 5.73 Å². The summed E-state index contributed by atoms with van der Waals surface area (Å²) in [5.74, 6) is 0. The fraction of sp³-hybridized carbons (Fsp3) is 0.333. The van der Waals surface area contributed by atoms with Crippen molar-refractivity contribution in [1.29, 1.82) is 0 Å². The molecule has 14 heavy (non-hydrogen) atoms. The molecule has 0 unspecified atom stereocenters. The van der Waals surface area contributed by atoms with Crippen LogP contribution >= 0.6 is 11.8 Å². The first-order chi connectivity index (χ1) is 6.65. The Balaban J connectivity index is 4.54. The van der Waals surface area contributed by atoms with Gasteiger partial charge in [0.2, 0.25) is 0 Å². The standard InChI is InChI=1S/C12H19NS/c1-5-7-11(10(3)6-2)8-12(13)9-14-4/h5,7,9H,1,3,6,8,13H2,2,4H3/b11-7-,12-9-. The van der Waals surface area contributed by atoms with Crippen molar-refractivity contribution in [2.24, 2.45) is 5.73 Å². The average molecular weight is 209 g/mol. The van der Waals surface area contributed by atoms with E-state index < -0.39 is 0 Å². The molecule has 0 aromatic carbocycles. The molecule has 0 aliphatic heterocycles. The smallest absolute Gasteiger partial charge is 0.0189 e. The van der Waals surface area contributed by atoms with Crippen LogP contribution in [-0.2, 0) is 0 Å². The monoisotopic (exact) mass is 209 g/mol. The van der Waals surface area contributed by atoms with Crippen LogP contribution in [0.1, 0.15) is 19.8 Å². The molecule has 0 aromatic rings. The Morgan fingerprint density at radius 2 is 2.14 bits per heavy atom. The third-order valence-corrected chi connectivity index (χ3v) is 2.40. The van der Waals surface area contributed by atoms with Crippen molar-refractivity contribution in [3.63, 3.8) is 0 Å². The number of rotatable bonds is 6. The van der Waals surface area contributed by atoms with Gasteiger partial charge in [-0.3, -0.25) is 0 Å². The molecule has 2 N–H and O–H groups in total. The number of hydrogen-bond acceptors (Lipinski definition) is 2. The molecule has 0 saturated carbocycles. The van der Waals surface area contributed by atoms with Crippen LogP contribution in [0.3, 0.4) is 0 Å². The van der Waals surface area contributed by atoms with Gasteiger partial charge in [0.25, 0.3) is 0 Å². The molecule has 0 bridgehead atoms. The maximum Gasteiger partial charge on any atom is 0.0189 e. The van der Waals surface area contributed by atoms with Gasteiger partial charge in [-0.1, -0.05) is 37.8 Å². The third kappa shape index (κ3) is 4.97. The van der Waals surface area contributed by atoms with Gasteiger partial charge in [-0.15, -0.1) is 11.8 Å². The highest BCUT2D eigenvalue weighted by atomic mass is 32.2. The molecule has 0 spiro atoms. The molecular weight excluding hydrogens is 190 g/mol. The van der Waals surface area contributed by atoms with Gasteiger partial charge in [0.05, 0.1) is 0 Å². The van der Waals surface area contributed by atoms with E-state index in [1.54, 1.807) is 17.8 Å². The highest BCUT2D eigenvalue weighted by Crippen LogP contribution is 2.19. The summed E-state index contributed by atoms with van der Waals surface area (Å²) in [6.45, 7) is 9.78. The minimum absolute atomic E-state index is 0.763. The molecule has 78 valence electrons. The summed E-state index contributed by atoms with van der Waals surface area (Å²) in [5.41, 5.74) is 9.01. The van der Waals surface area contributed by atoms with Crippen molar-refractivity contribution >= 4 is 11.8 Å². The Labute approximate surface area is 91.5 Å². The summed E-state index contributed by atoms with van der Waals surface area (Å²) < 4.78 is 0. The molecule has 0 rings (SSSR count). The molecule has 0 fully saturated rings. The first-order valence-corrected chi connectivity index (χ1v) is 5.91. The highest BCUT2D eigenvalue weighted by molar-refractivity contribution is 8.01. The van der Waals surface area contributed by atoms with Gasteiger partial charge in [0.1, 0.15) is 0 Å². The lowest BCUT2D eigenvalue weighted by atomic mass is 10.0. The molecule has 0 aliphatic rings. The fourth-order valence-electron chi connectivity index (χ4n) is 1.08. The zero-order chi connectivity index (χ0) is 11.0. The van der Waals surface area contributed by atoms with Gasteiger partial charge in [-0.05, 0) is 23.7 Å². The van der Waals surface area contributed by atoms with Gasteiger partial charge in [-0.25, -0.2) is 0 Å². The van der Waals surface area contributed by atoms with E-state index in [0.29, 0.717) is 0 Å². The lowest BCUT2D eigenvalue weighted by Crippen LogP contribution is -1.99. The highest BCUT2D eigenvalue weighted by Gasteiger charge is 2.01. The van der Waals surface area contributed by atoms with Gasteiger partial charge < -0.3 is 5.73 Å². The summed E-state index contributed by atoms with van der Waals surface area (Å²) in [4.78, 5) is 0. The Bertz CT molecular complexity index is 261. The minimum Gasteiger partial charge on any atom is -0.401 e. The zero-order valence-corrected chi connectivity index (χ0v) is 9.86. The number of allylic oxidation sites excluding steroid dienone is 4. The summed E-state index contributed by atoms with van der Waals surface area (Å²) in [6.07, 6.45) is 7.47. The van der Waals surface area contributed by atoms with Crippen LogP contribution in [0, 0.1) is 0 Å². The lowest BCUT2D eigenvalue weighted by molar-refractivity contribution is 1.03. The second kappa shape index (κ2) is 7.51. The van der Waals surface area contributed by atoms with Crippen LogP contribution in [-0.4, -0.2) is 6.26 Å². The summed E-state index contributed by atoms with van der Waals surface area (Å²) in [7, 11) is 0. The molecule has 1 nitrogen and oxygen atoms in total. The van der Waals surface area contributed by atoms with Crippen molar-refractivity contribution in [2.45, 2.75) is 19.8 Å². The van der Waals surface area contributed by atoms with Crippen LogP contribution in [0.4, 0.5) is 0 Å². The van der Waals surface area contributed by atoms with Crippen LogP contribution in [0.5, 0.6) is 0 Å². The molecule has 0 aliphatic carbocycles. The first-order valence-electron chi connectivity index (χ1n) is 4.62. The van der Waals surface area contributed by atoms with E-state index in [1.807, 2.05) is 17.7 Å². The van der Waals surface area contributed by atoms with E-state index in [9.17, 15) is 0 Å². The van der Waals surface area contributed by atoms with Gasteiger partial charge in [0, 0.05) is 12.1 Å². The first kappa shape index (κ1) is 13.1. The molecule has 0 heterocycles. The van der Waals surface area contributed by atoms with Gasteiger partial charge >= 0.3 is 0 Å². The lowest BCUT2D eigenvalue weighted by Gasteiger charge is -2.08. The summed E-state index contributed by atoms with van der Waals surface area (Å²) >= 11 is 1.62. The quantitative estimate of drug-likeness (QED) is 0.676. The summed E-state index contributed by atoms with van der Waals surface area (Å²) in [6, 6.07) is 0. The zero-order valence-electron chi connectivity index (χ0n) is 9.05. The van der Waals surface area contributed by atoms with Crippen molar-refractivity contribution in [2.75, 3.05) is 6.26 Å². The molecule has 0 radical (unpaired) electrons. The predicted octanol–water partition coefficient (Wildman–Crippen LogP) is 3.62. The van der Waals surface area contributed by atoms with Crippen molar-refractivity contribution in [3.8, 4) is 0 Å². The Morgan fingerprint density at radius 1 is 1.50 bits per heavy atom. The maximum absolute atomic E-state index is 5.83. The summed E-state index contributed by atoms with van der Waals surface area (Å²) in [5, 5.41) is 1.96. The Hall–Kier alpha value is -0.890. The maximum atomic E-state index is 5.83. The second-order valence-corrected chi connectivity index (χ2v) is 3.70. The van der Waals surface area contributed by atoms with E-state index in [0.717, 1.165) is 24.1 Å². The van der Waals surface area contributed by atoms with Crippen molar-refractivity contribution in [3.05, 3.63) is 47.6 Å². The second-order valence-electron chi connectivity index (χ2n) is 2.99. The molecule has 2 heteroatoms. The van der Waals surface area contributed by atoms with Crippen LogP contribution in [0.25, 0.3) is 0 Å². The van der Waals surface area contributed by atoms with E-state index in [-0.39, 0.29) is 0 Å². The van der Waals surface area contributed by atoms with Gasteiger partial charge in [0.15, 0.2) is 0 Å². The average Bonchev–Trinajstić information content (AvgIpc) is 2.16. The van der Waals surface area contributed by atoms with Crippen LogP contribution in [0.15, 0.2) is 47.6 Å². The molecule has 0 amide bonds. The van der Waals surface area contributed by atoms with E-state index >= 15 is 0 Å².